The van der Waals surface area contributed by atoms with Gasteiger partial charge in [0.15, 0.2) is 5.78 Å². The van der Waals surface area contributed by atoms with Gasteiger partial charge < -0.3 is 4.74 Å². The number of carbonyl (C=O) groups excluding carboxylic acids is 1. The van der Waals surface area contributed by atoms with Crippen LogP contribution in [0.3, 0.4) is 0 Å². The van der Waals surface area contributed by atoms with Crippen molar-refractivity contribution in [3.05, 3.63) is 65.7 Å². The van der Waals surface area contributed by atoms with E-state index in [1.54, 1.807) is 0 Å². The molecule has 0 heterocycles. The molecule has 0 bridgehead atoms. The topological polar surface area (TPSA) is 26.3 Å². The van der Waals surface area contributed by atoms with Crippen molar-refractivity contribution in [1.82, 2.24) is 0 Å². The second-order valence-corrected chi connectivity index (χ2v) is 5.20. The zero-order valence-corrected chi connectivity index (χ0v) is 12.7. The van der Waals surface area contributed by atoms with Gasteiger partial charge in [0.2, 0.25) is 0 Å². The van der Waals surface area contributed by atoms with Crippen molar-refractivity contribution in [2.24, 2.45) is 0 Å². The minimum Gasteiger partial charge on any atom is -0.494 e. The summed E-state index contributed by atoms with van der Waals surface area (Å²) in [6.07, 6.45) is 3.10. The Kier molecular flexibility index (Phi) is 6.29. The van der Waals surface area contributed by atoms with Crippen molar-refractivity contribution < 1.29 is 9.53 Å². The summed E-state index contributed by atoms with van der Waals surface area (Å²) < 4.78 is 5.64. The predicted molar refractivity (Wildman–Crippen MR) is 86.4 cm³/mol. The molecule has 0 unspecified atom stereocenters. The highest BCUT2D eigenvalue weighted by Gasteiger charge is 2.08. The number of carbonyl (C=O) groups is 1. The van der Waals surface area contributed by atoms with Gasteiger partial charge in [0.05, 0.1) is 6.61 Å². The second-order valence-electron chi connectivity index (χ2n) is 4.82. The highest BCUT2D eigenvalue weighted by Crippen LogP contribution is 2.16. The summed E-state index contributed by atoms with van der Waals surface area (Å²) in [4.78, 5) is 12.2. The normalized spacial score (nSPS) is 10.3. The molecule has 0 N–H and O–H groups in total. The van der Waals surface area contributed by atoms with Gasteiger partial charge in [-0.1, -0.05) is 30.3 Å². The second kappa shape index (κ2) is 8.48. The SMILES string of the molecule is O=C(c1ccccc1)c1ccc(OCCCCCCl)cc1. The maximum absolute atomic E-state index is 12.2. The summed E-state index contributed by atoms with van der Waals surface area (Å²) in [5.74, 6) is 1.53. The van der Waals surface area contributed by atoms with E-state index >= 15 is 0 Å². The zero-order valence-electron chi connectivity index (χ0n) is 11.9. The van der Waals surface area contributed by atoms with E-state index in [9.17, 15) is 4.79 Å². The minimum absolute atomic E-state index is 0.0317. The average Bonchev–Trinajstić information content (AvgIpc) is 2.55. The van der Waals surface area contributed by atoms with Crippen LogP contribution in [0.1, 0.15) is 35.2 Å². The average molecular weight is 303 g/mol. The Bertz CT molecular complexity index is 549. The molecule has 0 aliphatic rings. The Morgan fingerprint density at radius 1 is 0.857 bits per heavy atom. The molecule has 2 aromatic rings. The van der Waals surface area contributed by atoms with E-state index in [1.165, 1.54) is 0 Å². The van der Waals surface area contributed by atoms with E-state index in [1.807, 2.05) is 54.6 Å². The highest BCUT2D eigenvalue weighted by molar-refractivity contribution is 6.17. The number of hydrogen-bond donors (Lipinski definition) is 0. The lowest BCUT2D eigenvalue weighted by molar-refractivity contribution is 0.103. The third-order valence-corrected chi connectivity index (χ3v) is 3.47. The molecule has 2 rings (SSSR count). The summed E-state index contributed by atoms with van der Waals surface area (Å²) in [5.41, 5.74) is 1.38. The van der Waals surface area contributed by atoms with E-state index in [2.05, 4.69) is 0 Å². The number of ketones is 1. The molecular weight excluding hydrogens is 284 g/mol. The van der Waals surface area contributed by atoms with Gasteiger partial charge in [-0.2, -0.15) is 0 Å². The lowest BCUT2D eigenvalue weighted by Crippen LogP contribution is -2.01. The fourth-order valence-electron chi connectivity index (χ4n) is 2.02. The molecule has 2 aromatic carbocycles. The molecule has 0 aliphatic heterocycles. The Morgan fingerprint density at radius 3 is 2.19 bits per heavy atom. The van der Waals surface area contributed by atoms with Crippen molar-refractivity contribution in [3.8, 4) is 5.75 Å². The first-order chi connectivity index (χ1) is 10.3. The van der Waals surface area contributed by atoms with Crippen LogP contribution in [0.25, 0.3) is 0 Å². The van der Waals surface area contributed by atoms with Crippen LogP contribution < -0.4 is 4.74 Å². The Balaban J connectivity index is 1.88. The lowest BCUT2D eigenvalue weighted by atomic mass is 10.0. The molecule has 21 heavy (non-hydrogen) atoms. The molecule has 0 saturated heterocycles. The van der Waals surface area contributed by atoms with E-state index in [-0.39, 0.29) is 5.78 Å². The Morgan fingerprint density at radius 2 is 1.52 bits per heavy atom. The van der Waals surface area contributed by atoms with E-state index in [4.69, 9.17) is 16.3 Å². The van der Waals surface area contributed by atoms with Crippen LogP contribution in [0, 0.1) is 0 Å². The van der Waals surface area contributed by atoms with Gasteiger partial charge in [0.25, 0.3) is 0 Å². The summed E-state index contributed by atoms with van der Waals surface area (Å²) >= 11 is 5.62. The first kappa shape index (κ1) is 15.6. The number of alkyl halides is 1. The molecule has 0 fully saturated rings. The zero-order chi connectivity index (χ0) is 14.9. The minimum atomic E-state index is 0.0317. The standard InChI is InChI=1S/C18H19ClO2/c19-13-5-2-6-14-21-17-11-9-16(10-12-17)18(20)15-7-3-1-4-8-15/h1,3-4,7-12H,2,5-6,13-14H2. The van der Waals surface area contributed by atoms with E-state index in [0.29, 0.717) is 23.6 Å². The van der Waals surface area contributed by atoms with Crippen LogP contribution in [0.15, 0.2) is 54.6 Å². The van der Waals surface area contributed by atoms with Crippen LogP contribution in [0.4, 0.5) is 0 Å². The van der Waals surface area contributed by atoms with Crippen LogP contribution >= 0.6 is 11.6 Å². The molecule has 0 radical (unpaired) electrons. The van der Waals surface area contributed by atoms with Crippen LogP contribution in [0.2, 0.25) is 0 Å². The monoisotopic (exact) mass is 302 g/mol. The number of halogens is 1. The largest absolute Gasteiger partial charge is 0.494 e. The van der Waals surface area contributed by atoms with E-state index in [0.717, 1.165) is 25.0 Å². The fraction of sp³-hybridized carbons (Fsp3) is 0.278. The van der Waals surface area contributed by atoms with Gasteiger partial charge in [-0.25, -0.2) is 0 Å². The van der Waals surface area contributed by atoms with E-state index < -0.39 is 0 Å². The van der Waals surface area contributed by atoms with Gasteiger partial charge >= 0.3 is 0 Å². The van der Waals surface area contributed by atoms with Gasteiger partial charge in [0, 0.05) is 17.0 Å². The fourth-order valence-corrected chi connectivity index (χ4v) is 2.21. The summed E-state index contributed by atoms with van der Waals surface area (Å²) in [7, 11) is 0. The third-order valence-electron chi connectivity index (χ3n) is 3.20. The van der Waals surface area contributed by atoms with Gasteiger partial charge in [-0.3, -0.25) is 4.79 Å². The number of benzene rings is 2. The maximum atomic E-state index is 12.2. The molecule has 0 saturated carbocycles. The Hall–Kier alpha value is -1.80. The Labute approximate surface area is 130 Å². The molecule has 0 spiro atoms. The molecule has 0 amide bonds. The number of rotatable bonds is 8. The first-order valence-corrected chi connectivity index (χ1v) is 7.73. The molecule has 0 aliphatic carbocycles. The quantitative estimate of drug-likeness (QED) is 0.401. The number of unbranched alkanes of at least 4 members (excludes halogenated alkanes) is 2. The van der Waals surface area contributed by atoms with Crippen LogP contribution in [-0.4, -0.2) is 18.3 Å². The van der Waals surface area contributed by atoms with Gasteiger partial charge in [0.1, 0.15) is 5.75 Å². The summed E-state index contributed by atoms with van der Waals surface area (Å²) in [6.45, 7) is 0.683. The molecule has 0 aromatic heterocycles. The molecular formula is C18H19ClO2. The first-order valence-electron chi connectivity index (χ1n) is 7.20. The highest BCUT2D eigenvalue weighted by atomic mass is 35.5. The van der Waals surface area contributed by atoms with Gasteiger partial charge in [-0.15, -0.1) is 11.6 Å². The van der Waals surface area contributed by atoms with Crippen molar-refractivity contribution in [2.45, 2.75) is 19.3 Å². The van der Waals surface area contributed by atoms with Crippen LogP contribution in [0.5, 0.6) is 5.75 Å². The number of hydrogen-bond acceptors (Lipinski definition) is 2. The van der Waals surface area contributed by atoms with Crippen LogP contribution in [-0.2, 0) is 0 Å². The van der Waals surface area contributed by atoms with Crippen molar-refractivity contribution in [3.63, 3.8) is 0 Å². The maximum Gasteiger partial charge on any atom is 0.193 e. The summed E-state index contributed by atoms with van der Waals surface area (Å²) in [5, 5.41) is 0. The molecule has 110 valence electrons. The predicted octanol–water partition coefficient (Wildman–Crippen LogP) is 4.71. The summed E-state index contributed by atoms with van der Waals surface area (Å²) in [6, 6.07) is 16.6. The van der Waals surface area contributed by atoms with Gasteiger partial charge in [-0.05, 0) is 43.5 Å². The third kappa shape index (κ3) is 4.91. The number of ether oxygens (including phenoxy) is 1. The van der Waals surface area contributed by atoms with Crippen molar-refractivity contribution >= 4 is 17.4 Å². The van der Waals surface area contributed by atoms with Crippen molar-refractivity contribution in [2.75, 3.05) is 12.5 Å². The van der Waals surface area contributed by atoms with Crippen molar-refractivity contribution in [1.29, 1.82) is 0 Å². The molecule has 0 atom stereocenters. The smallest absolute Gasteiger partial charge is 0.193 e. The molecule has 3 heteroatoms. The lowest BCUT2D eigenvalue weighted by Gasteiger charge is -2.07. The molecule has 2 nitrogen and oxygen atoms in total.